The van der Waals surface area contributed by atoms with Crippen molar-refractivity contribution in [3.05, 3.63) is 52.6 Å². The SMILES string of the molecule is Cl.Cl.O=C(NCCC1CCNC1)c1cccnc1Oc1ccc(Br)cc1. The molecule has 5 nitrogen and oxygen atoms in total. The second kappa shape index (κ2) is 11.4. The predicted octanol–water partition coefficient (Wildman–Crippen LogP) is 4.21. The number of ether oxygens (including phenoxy) is 1. The average Bonchev–Trinajstić information content (AvgIpc) is 3.11. The van der Waals surface area contributed by atoms with Crippen LogP contribution in [0.4, 0.5) is 0 Å². The molecule has 0 radical (unpaired) electrons. The number of carbonyl (C=O) groups is 1. The van der Waals surface area contributed by atoms with Crippen LogP contribution in [-0.4, -0.2) is 30.5 Å². The Bertz CT molecular complexity index is 695. The number of rotatable bonds is 6. The number of halogens is 3. The minimum Gasteiger partial charge on any atom is -0.438 e. The summed E-state index contributed by atoms with van der Waals surface area (Å²) >= 11 is 3.39. The Kier molecular flexibility index (Phi) is 9.94. The van der Waals surface area contributed by atoms with Crippen LogP contribution in [-0.2, 0) is 0 Å². The zero-order chi connectivity index (χ0) is 16.8. The Balaban J connectivity index is 0.00000169. The Morgan fingerprint density at radius 2 is 2.04 bits per heavy atom. The van der Waals surface area contributed by atoms with Gasteiger partial charge in [-0.15, -0.1) is 24.8 Å². The highest BCUT2D eigenvalue weighted by Gasteiger charge is 2.17. The van der Waals surface area contributed by atoms with Gasteiger partial charge in [0.25, 0.3) is 5.91 Å². The molecule has 0 bridgehead atoms. The van der Waals surface area contributed by atoms with E-state index in [2.05, 4.69) is 31.5 Å². The number of amides is 1. The molecule has 1 aliphatic heterocycles. The maximum absolute atomic E-state index is 12.4. The third kappa shape index (κ3) is 6.43. The van der Waals surface area contributed by atoms with E-state index in [1.54, 1.807) is 18.3 Å². The molecule has 3 rings (SSSR count). The molecule has 0 spiro atoms. The molecule has 2 aromatic rings. The first-order valence-corrected chi connectivity index (χ1v) is 8.89. The third-order valence-electron chi connectivity index (χ3n) is 4.04. The lowest BCUT2D eigenvalue weighted by Gasteiger charge is -2.12. The highest BCUT2D eigenvalue weighted by molar-refractivity contribution is 9.10. The summed E-state index contributed by atoms with van der Waals surface area (Å²) in [7, 11) is 0. The molecule has 0 saturated carbocycles. The van der Waals surface area contributed by atoms with Crippen LogP contribution in [0, 0.1) is 5.92 Å². The molecular formula is C18H22BrCl2N3O2. The van der Waals surface area contributed by atoms with Gasteiger partial charge >= 0.3 is 0 Å². The normalized spacial score (nSPS) is 15.5. The van der Waals surface area contributed by atoms with Crippen LogP contribution >= 0.6 is 40.7 Å². The first kappa shape index (κ1) is 22.7. The van der Waals surface area contributed by atoms with Crippen LogP contribution in [0.25, 0.3) is 0 Å². The quantitative estimate of drug-likeness (QED) is 0.674. The van der Waals surface area contributed by atoms with Gasteiger partial charge < -0.3 is 15.4 Å². The molecule has 1 fully saturated rings. The van der Waals surface area contributed by atoms with E-state index in [1.165, 1.54) is 6.42 Å². The fraction of sp³-hybridized carbons (Fsp3) is 0.333. The molecule has 26 heavy (non-hydrogen) atoms. The summed E-state index contributed by atoms with van der Waals surface area (Å²) in [4.78, 5) is 16.6. The smallest absolute Gasteiger partial charge is 0.256 e. The van der Waals surface area contributed by atoms with Crippen molar-refractivity contribution < 1.29 is 9.53 Å². The van der Waals surface area contributed by atoms with E-state index in [-0.39, 0.29) is 30.7 Å². The van der Waals surface area contributed by atoms with Crippen molar-refractivity contribution in [2.24, 2.45) is 5.92 Å². The largest absolute Gasteiger partial charge is 0.438 e. The standard InChI is InChI=1S/C18H20BrN3O2.2ClH/c19-14-3-5-15(6-4-14)24-18-16(2-1-9-22-18)17(23)21-11-8-13-7-10-20-12-13;;/h1-6,9,13,20H,7-8,10-12H2,(H,21,23);2*1H. The third-order valence-corrected chi connectivity index (χ3v) is 4.57. The molecule has 0 aliphatic carbocycles. The number of hydrogen-bond acceptors (Lipinski definition) is 4. The second-order valence-electron chi connectivity index (χ2n) is 5.82. The van der Waals surface area contributed by atoms with E-state index >= 15 is 0 Å². The summed E-state index contributed by atoms with van der Waals surface area (Å²) in [5.74, 6) is 1.46. The van der Waals surface area contributed by atoms with Crippen LogP contribution in [0.5, 0.6) is 11.6 Å². The number of benzene rings is 1. The summed E-state index contributed by atoms with van der Waals surface area (Å²) in [6.45, 7) is 2.78. The van der Waals surface area contributed by atoms with Gasteiger partial charge in [0.05, 0.1) is 0 Å². The number of nitrogens with one attached hydrogen (secondary N) is 2. The van der Waals surface area contributed by atoms with E-state index < -0.39 is 0 Å². The van der Waals surface area contributed by atoms with Crippen molar-refractivity contribution in [1.82, 2.24) is 15.6 Å². The van der Waals surface area contributed by atoms with Crippen LogP contribution < -0.4 is 15.4 Å². The summed E-state index contributed by atoms with van der Waals surface area (Å²) in [5.41, 5.74) is 0.449. The molecule has 1 aromatic carbocycles. The summed E-state index contributed by atoms with van der Waals surface area (Å²) in [5, 5.41) is 6.30. The van der Waals surface area contributed by atoms with Crippen LogP contribution in [0.2, 0.25) is 0 Å². The zero-order valence-electron chi connectivity index (χ0n) is 14.1. The summed E-state index contributed by atoms with van der Waals surface area (Å²) in [6.07, 6.45) is 3.79. The van der Waals surface area contributed by atoms with Crippen molar-refractivity contribution in [2.75, 3.05) is 19.6 Å². The van der Waals surface area contributed by atoms with Gasteiger partial charge in [-0.2, -0.15) is 0 Å². The maximum atomic E-state index is 12.4. The van der Waals surface area contributed by atoms with Gasteiger partial charge in [-0.25, -0.2) is 4.98 Å². The number of carbonyl (C=O) groups excluding carboxylic acids is 1. The lowest BCUT2D eigenvalue weighted by molar-refractivity contribution is 0.0948. The Morgan fingerprint density at radius 1 is 1.27 bits per heavy atom. The molecule has 1 aliphatic rings. The highest BCUT2D eigenvalue weighted by Crippen LogP contribution is 2.24. The molecule has 1 atom stereocenters. The molecule has 8 heteroatoms. The van der Waals surface area contributed by atoms with Gasteiger partial charge in [-0.3, -0.25) is 4.79 Å². The monoisotopic (exact) mass is 461 g/mol. The summed E-state index contributed by atoms with van der Waals surface area (Å²) in [6, 6.07) is 10.9. The van der Waals surface area contributed by atoms with Crippen LogP contribution in [0.3, 0.4) is 0 Å². The Morgan fingerprint density at radius 3 is 2.73 bits per heavy atom. The van der Waals surface area contributed by atoms with E-state index in [1.807, 2.05) is 24.3 Å². The van der Waals surface area contributed by atoms with E-state index in [0.29, 0.717) is 29.7 Å². The molecule has 2 heterocycles. The fourth-order valence-electron chi connectivity index (χ4n) is 2.71. The minimum atomic E-state index is -0.152. The highest BCUT2D eigenvalue weighted by atomic mass is 79.9. The molecule has 142 valence electrons. The van der Waals surface area contributed by atoms with Gasteiger partial charge in [0.1, 0.15) is 11.3 Å². The summed E-state index contributed by atoms with van der Waals surface area (Å²) < 4.78 is 6.73. The van der Waals surface area contributed by atoms with E-state index in [9.17, 15) is 4.79 Å². The number of aromatic nitrogens is 1. The Hall–Kier alpha value is -1.34. The van der Waals surface area contributed by atoms with Crippen molar-refractivity contribution >= 4 is 46.7 Å². The Labute approximate surface area is 174 Å². The van der Waals surface area contributed by atoms with Crippen LogP contribution in [0.15, 0.2) is 47.1 Å². The van der Waals surface area contributed by atoms with Crippen LogP contribution in [0.1, 0.15) is 23.2 Å². The molecule has 1 saturated heterocycles. The van der Waals surface area contributed by atoms with Crippen molar-refractivity contribution in [2.45, 2.75) is 12.8 Å². The van der Waals surface area contributed by atoms with Crippen molar-refractivity contribution in [3.8, 4) is 11.6 Å². The van der Waals surface area contributed by atoms with Gasteiger partial charge in [-0.1, -0.05) is 15.9 Å². The van der Waals surface area contributed by atoms with Gasteiger partial charge in [-0.05, 0) is 68.2 Å². The number of pyridine rings is 1. The van der Waals surface area contributed by atoms with Crippen molar-refractivity contribution in [3.63, 3.8) is 0 Å². The second-order valence-corrected chi connectivity index (χ2v) is 6.73. The van der Waals surface area contributed by atoms with Crippen molar-refractivity contribution in [1.29, 1.82) is 0 Å². The zero-order valence-corrected chi connectivity index (χ0v) is 17.3. The van der Waals surface area contributed by atoms with E-state index in [0.717, 1.165) is 24.0 Å². The topological polar surface area (TPSA) is 63.2 Å². The van der Waals surface area contributed by atoms with E-state index in [4.69, 9.17) is 4.74 Å². The molecule has 1 amide bonds. The first-order chi connectivity index (χ1) is 11.7. The lowest BCUT2D eigenvalue weighted by atomic mass is 10.1. The fourth-order valence-corrected chi connectivity index (χ4v) is 2.97. The number of nitrogens with zero attached hydrogens (tertiary/aromatic N) is 1. The average molecular weight is 463 g/mol. The number of hydrogen-bond donors (Lipinski definition) is 2. The molecule has 1 unspecified atom stereocenters. The van der Waals surface area contributed by atoms with Gasteiger partial charge in [0, 0.05) is 17.2 Å². The maximum Gasteiger partial charge on any atom is 0.256 e. The lowest BCUT2D eigenvalue weighted by Crippen LogP contribution is -2.27. The molecule has 1 aromatic heterocycles. The minimum absolute atomic E-state index is 0. The molecular weight excluding hydrogens is 441 g/mol. The molecule has 2 N–H and O–H groups in total. The van der Waals surface area contributed by atoms with Gasteiger partial charge in [0.15, 0.2) is 0 Å². The first-order valence-electron chi connectivity index (χ1n) is 8.10. The predicted molar refractivity (Wildman–Crippen MR) is 111 cm³/mol. The van der Waals surface area contributed by atoms with Gasteiger partial charge in [0.2, 0.25) is 5.88 Å².